The van der Waals surface area contributed by atoms with Crippen molar-refractivity contribution < 1.29 is 13.7 Å². The number of furan rings is 1. The van der Waals surface area contributed by atoms with E-state index < -0.39 is 0 Å². The molecule has 1 aliphatic rings. The average Bonchev–Trinajstić information content (AvgIpc) is 3.24. The molecule has 0 unspecified atom stereocenters. The van der Waals surface area contributed by atoms with Gasteiger partial charge in [-0.05, 0) is 37.1 Å². The fourth-order valence-corrected chi connectivity index (χ4v) is 3.11. The number of nitrogens with zero attached hydrogens (tertiary/aromatic N) is 2. The summed E-state index contributed by atoms with van der Waals surface area (Å²) in [5.74, 6) is 0.711. The van der Waals surface area contributed by atoms with Crippen LogP contribution in [-0.2, 0) is 0 Å². The molecule has 5 heteroatoms. The summed E-state index contributed by atoms with van der Waals surface area (Å²) in [6.07, 6.45) is 3.31. The van der Waals surface area contributed by atoms with Gasteiger partial charge in [0.2, 0.25) is 0 Å². The predicted octanol–water partition coefficient (Wildman–Crippen LogP) is 3.44. The van der Waals surface area contributed by atoms with Crippen molar-refractivity contribution in [3.05, 3.63) is 54.1 Å². The van der Waals surface area contributed by atoms with Gasteiger partial charge in [0.15, 0.2) is 11.3 Å². The molecule has 5 nitrogen and oxygen atoms in total. The standard InChI is InChI=1S/C17H16N2O3/c20-17(15-6-3-11-21-15)19-9-7-12(8-10-19)16-13-4-1-2-5-14(13)22-18-16/h1-6,11-12H,7-10H2. The third-order valence-corrected chi connectivity index (χ3v) is 4.31. The van der Waals surface area contributed by atoms with E-state index in [2.05, 4.69) is 5.16 Å². The van der Waals surface area contributed by atoms with Gasteiger partial charge in [-0.25, -0.2) is 0 Å². The first-order valence-corrected chi connectivity index (χ1v) is 7.50. The molecule has 22 heavy (non-hydrogen) atoms. The first-order valence-electron chi connectivity index (χ1n) is 7.50. The van der Waals surface area contributed by atoms with Crippen LogP contribution >= 0.6 is 0 Å². The van der Waals surface area contributed by atoms with Crippen LogP contribution in [0.25, 0.3) is 11.0 Å². The Balaban J connectivity index is 1.49. The zero-order valence-electron chi connectivity index (χ0n) is 12.1. The lowest BCUT2D eigenvalue weighted by atomic mass is 9.91. The molecule has 1 fully saturated rings. The van der Waals surface area contributed by atoms with Crippen molar-refractivity contribution >= 4 is 16.9 Å². The molecule has 0 bridgehead atoms. The third-order valence-electron chi connectivity index (χ3n) is 4.31. The molecule has 112 valence electrons. The predicted molar refractivity (Wildman–Crippen MR) is 80.6 cm³/mol. The molecular formula is C17H16N2O3. The largest absolute Gasteiger partial charge is 0.459 e. The lowest BCUT2D eigenvalue weighted by Gasteiger charge is -2.30. The van der Waals surface area contributed by atoms with Crippen LogP contribution in [-0.4, -0.2) is 29.1 Å². The summed E-state index contributed by atoms with van der Waals surface area (Å²) in [5.41, 5.74) is 1.84. The minimum Gasteiger partial charge on any atom is -0.459 e. The monoisotopic (exact) mass is 296 g/mol. The van der Waals surface area contributed by atoms with E-state index in [4.69, 9.17) is 8.94 Å². The van der Waals surface area contributed by atoms with Gasteiger partial charge in [0.05, 0.1) is 12.0 Å². The van der Waals surface area contributed by atoms with Crippen molar-refractivity contribution in [2.75, 3.05) is 13.1 Å². The van der Waals surface area contributed by atoms with Crippen molar-refractivity contribution in [2.24, 2.45) is 0 Å². The smallest absolute Gasteiger partial charge is 0.289 e. The number of likely N-dealkylation sites (tertiary alicyclic amines) is 1. The molecule has 0 N–H and O–H groups in total. The SMILES string of the molecule is O=C(c1ccco1)N1CCC(c2noc3ccccc23)CC1. The highest BCUT2D eigenvalue weighted by Crippen LogP contribution is 2.32. The van der Waals surface area contributed by atoms with Crippen LogP contribution in [0.1, 0.15) is 35.0 Å². The van der Waals surface area contributed by atoms with Crippen LogP contribution in [0.3, 0.4) is 0 Å². The minimum absolute atomic E-state index is 0.0338. The zero-order valence-corrected chi connectivity index (χ0v) is 12.1. The number of benzene rings is 1. The van der Waals surface area contributed by atoms with Gasteiger partial charge in [-0.3, -0.25) is 4.79 Å². The van der Waals surface area contributed by atoms with Crippen molar-refractivity contribution in [3.63, 3.8) is 0 Å². The second-order valence-corrected chi connectivity index (χ2v) is 5.61. The molecule has 1 amide bonds. The van der Waals surface area contributed by atoms with Gasteiger partial charge >= 0.3 is 0 Å². The van der Waals surface area contributed by atoms with Gasteiger partial charge in [-0.2, -0.15) is 0 Å². The van der Waals surface area contributed by atoms with Gasteiger partial charge in [0.25, 0.3) is 5.91 Å². The number of piperidine rings is 1. The Bertz CT molecular complexity index is 783. The second-order valence-electron chi connectivity index (χ2n) is 5.61. The van der Waals surface area contributed by atoms with E-state index in [0.717, 1.165) is 29.5 Å². The summed E-state index contributed by atoms with van der Waals surface area (Å²) in [5, 5.41) is 5.32. The molecule has 0 aliphatic carbocycles. The number of rotatable bonds is 2. The summed E-state index contributed by atoms with van der Waals surface area (Å²) in [6, 6.07) is 11.4. The van der Waals surface area contributed by atoms with Gasteiger partial charge in [0, 0.05) is 24.4 Å². The average molecular weight is 296 g/mol. The van der Waals surface area contributed by atoms with Gasteiger partial charge in [-0.1, -0.05) is 17.3 Å². The number of carbonyl (C=O) groups excluding carboxylic acids is 1. The number of para-hydroxylation sites is 1. The summed E-state index contributed by atoms with van der Waals surface area (Å²) in [6.45, 7) is 1.43. The first kappa shape index (κ1) is 13.1. The molecule has 0 spiro atoms. The van der Waals surface area contributed by atoms with Crippen molar-refractivity contribution in [1.29, 1.82) is 0 Å². The molecule has 1 saturated heterocycles. The fourth-order valence-electron chi connectivity index (χ4n) is 3.11. The summed E-state index contributed by atoms with van der Waals surface area (Å²) >= 11 is 0. The highest BCUT2D eigenvalue weighted by Gasteiger charge is 2.28. The number of amides is 1. The van der Waals surface area contributed by atoms with E-state index in [1.807, 2.05) is 29.2 Å². The maximum Gasteiger partial charge on any atom is 0.289 e. The van der Waals surface area contributed by atoms with Crippen molar-refractivity contribution in [1.82, 2.24) is 10.1 Å². The number of hydrogen-bond donors (Lipinski definition) is 0. The molecule has 1 aromatic carbocycles. The summed E-state index contributed by atoms with van der Waals surface area (Å²) in [4.78, 5) is 14.1. The first-order chi connectivity index (χ1) is 10.8. The normalized spacial score (nSPS) is 16.3. The quantitative estimate of drug-likeness (QED) is 0.727. The van der Waals surface area contributed by atoms with Gasteiger partial charge in [-0.15, -0.1) is 0 Å². The van der Waals surface area contributed by atoms with Crippen LogP contribution in [0.5, 0.6) is 0 Å². The molecule has 0 radical (unpaired) electrons. The lowest BCUT2D eigenvalue weighted by Crippen LogP contribution is -2.37. The molecule has 4 rings (SSSR count). The van der Waals surface area contributed by atoms with E-state index in [9.17, 15) is 4.79 Å². The van der Waals surface area contributed by atoms with E-state index in [0.29, 0.717) is 24.8 Å². The van der Waals surface area contributed by atoms with Gasteiger partial charge in [0.1, 0.15) is 0 Å². The maximum atomic E-state index is 12.3. The van der Waals surface area contributed by atoms with Crippen LogP contribution in [0.4, 0.5) is 0 Å². The Kier molecular flexibility index (Phi) is 3.18. The third kappa shape index (κ3) is 2.19. The topological polar surface area (TPSA) is 59.5 Å². The van der Waals surface area contributed by atoms with E-state index in [1.54, 1.807) is 12.1 Å². The molecule has 2 aromatic heterocycles. The molecule has 0 atom stereocenters. The molecule has 3 aromatic rings. The van der Waals surface area contributed by atoms with Crippen LogP contribution < -0.4 is 0 Å². The van der Waals surface area contributed by atoms with Crippen molar-refractivity contribution in [2.45, 2.75) is 18.8 Å². The van der Waals surface area contributed by atoms with Crippen LogP contribution in [0.2, 0.25) is 0 Å². The van der Waals surface area contributed by atoms with E-state index >= 15 is 0 Å². The number of hydrogen-bond acceptors (Lipinski definition) is 4. The Morgan fingerprint density at radius 3 is 2.73 bits per heavy atom. The van der Waals surface area contributed by atoms with Crippen LogP contribution in [0.15, 0.2) is 51.6 Å². The molecule has 0 saturated carbocycles. The molecule has 3 heterocycles. The van der Waals surface area contributed by atoms with E-state index in [1.165, 1.54) is 6.26 Å². The van der Waals surface area contributed by atoms with Gasteiger partial charge < -0.3 is 13.8 Å². The maximum absolute atomic E-state index is 12.3. The number of carbonyl (C=O) groups is 1. The second kappa shape index (κ2) is 5.33. The highest BCUT2D eigenvalue weighted by atomic mass is 16.5. The Morgan fingerprint density at radius 2 is 1.95 bits per heavy atom. The molecule has 1 aliphatic heterocycles. The highest BCUT2D eigenvalue weighted by molar-refractivity contribution is 5.91. The van der Waals surface area contributed by atoms with Crippen LogP contribution in [0, 0.1) is 0 Å². The zero-order chi connectivity index (χ0) is 14.9. The summed E-state index contributed by atoms with van der Waals surface area (Å²) in [7, 11) is 0. The Labute approximate surface area is 127 Å². The Morgan fingerprint density at radius 1 is 1.14 bits per heavy atom. The minimum atomic E-state index is -0.0338. The summed E-state index contributed by atoms with van der Waals surface area (Å²) < 4.78 is 10.6. The molecular weight excluding hydrogens is 280 g/mol. The lowest BCUT2D eigenvalue weighted by molar-refractivity contribution is 0.0679. The van der Waals surface area contributed by atoms with Crippen molar-refractivity contribution in [3.8, 4) is 0 Å². The number of aromatic nitrogens is 1. The fraction of sp³-hybridized carbons (Fsp3) is 0.294. The Hall–Kier alpha value is -2.56. The number of fused-ring (bicyclic) bond motifs is 1. The van der Waals surface area contributed by atoms with E-state index in [-0.39, 0.29) is 5.91 Å².